The van der Waals surface area contributed by atoms with Crippen molar-refractivity contribution in [2.75, 3.05) is 11.1 Å². The van der Waals surface area contributed by atoms with Crippen molar-refractivity contribution in [3.63, 3.8) is 0 Å². The molecule has 2 amide bonds. The van der Waals surface area contributed by atoms with Crippen molar-refractivity contribution in [2.24, 2.45) is 7.05 Å². The van der Waals surface area contributed by atoms with Crippen LogP contribution in [0.15, 0.2) is 41.6 Å². The van der Waals surface area contributed by atoms with Crippen LogP contribution < -0.4 is 10.6 Å². The highest BCUT2D eigenvalue weighted by molar-refractivity contribution is 7.99. The zero-order valence-electron chi connectivity index (χ0n) is 19.3. The lowest BCUT2D eigenvalue weighted by Gasteiger charge is -2.14. The predicted octanol–water partition coefficient (Wildman–Crippen LogP) is 4.27. The minimum atomic E-state index is -0.332. The minimum absolute atomic E-state index is 0.101. The lowest BCUT2D eigenvalue weighted by atomic mass is 10.1. The van der Waals surface area contributed by atoms with Gasteiger partial charge in [0.2, 0.25) is 5.91 Å². The van der Waals surface area contributed by atoms with Crippen LogP contribution in [-0.2, 0) is 11.8 Å². The molecule has 8 heteroatoms. The van der Waals surface area contributed by atoms with Crippen molar-refractivity contribution in [2.45, 2.75) is 45.8 Å². The van der Waals surface area contributed by atoms with E-state index in [2.05, 4.69) is 33.0 Å². The number of anilines is 1. The van der Waals surface area contributed by atoms with Gasteiger partial charge in [0.25, 0.3) is 5.91 Å². The van der Waals surface area contributed by atoms with Gasteiger partial charge in [0, 0.05) is 18.3 Å². The summed E-state index contributed by atoms with van der Waals surface area (Å²) in [5.74, 6) is 0.569. The van der Waals surface area contributed by atoms with E-state index >= 15 is 0 Å². The summed E-state index contributed by atoms with van der Waals surface area (Å²) in [6.45, 7) is 9.83. The fraction of sp³-hybridized carbons (Fsp3) is 0.333. The van der Waals surface area contributed by atoms with E-state index in [1.54, 1.807) is 6.07 Å². The highest BCUT2D eigenvalue weighted by Crippen LogP contribution is 2.23. The molecule has 168 valence electrons. The number of aryl methyl sites for hydroxylation is 4. The molecule has 0 aliphatic carbocycles. The first-order valence-electron chi connectivity index (χ1n) is 10.4. The second-order valence-electron chi connectivity index (χ2n) is 8.07. The van der Waals surface area contributed by atoms with E-state index in [-0.39, 0.29) is 23.6 Å². The lowest BCUT2D eigenvalue weighted by Crippen LogP contribution is -2.28. The number of benzene rings is 2. The number of hydrogen-bond donors (Lipinski definition) is 2. The molecule has 0 spiro atoms. The van der Waals surface area contributed by atoms with Gasteiger partial charge in [-0.1, -0.05) is 47.2 Å². The first-order valence-corrected chi connectivity index (χ1v) is 11.4. The summed E-state index contributed by atoms with van der Waals surface area (Å²) in [5, 5.41) is 15.0. The zero-order chi connectivity index (χ0) is 23.4. The maximum Gasteiger partial charge on any atom is 0.251 e. The van der Waals surface area contributed by atoms with Gasteiger partial charge >= 0.3 is 0 Å². The van der Waals surface area contributed by atoms with Crippen LogP contribution in [0, 0.1) is 27.7 Å². The van der Waals surface area contributed by atoms with Crippen LogP contribution in [0.2, 0.25) is 0 Å². The van der Waals surface area contributed by atoms with E-state index in [4.69, 9.17) is 0 Å². The first kappa shape index (κ1) is 23.5. The molecule has 1 heterocycles. The summed E-state index contributed by atoms with van der Waals surface area (Å²) in [4.78, 5) is 25.0. The lowest BCUT2D eigenvalue weighted by molar-refractivity contribution is -0.113. The largest absolute Gasteiger partial charge is 0.342 e. The molecule has 1 atom stereocenters. The van der Waals surface area contributed by atoms with Gasteiger partial charge < -0.3 is 15.2 Å². The van der Waals surface area contributed by atoms with E-state index in [1.165, 1.54) is 17.3 Å². The Bertz CT molecular complexity index is 1130. The van der Waals surface area contributed by atoms with Crippen LogP contribution in [0.3, 0.4) is 0 Å². The molecule has 0 saturated heterocycles. The van der Waals surface area contributed by atoms with Crippen LogP contribution in [0.4, 0.5) is 5.69 Å². The first-order chi connectivity index (χ1) is 15.2. The Morgan fingerprint density at radius 2 is 1.72 bits per heavy atom. The quantitative estimate of drug-likeness (QED) is 0.524. The van der Waals surface area contributed by atoms with Crippen LogP contribution >= 0.6 is 11.8 Å². The number of aromatic nitrogens is 3. The monoisotopic (exact) mass is 451 g/mol. The van der Waals surface area contributed by atoms with Gasteiger partial charge in [-0.25, -0.2) is 0 Å². The highest BCUT2D eigenvalue weighted by Gasteiger charge is 2.19. The molecule has 3 rings (SSSR count). The average Bonchev–Trinajstić information content (AvgIpc) is 3.09. The van der Waals surface area contributed by atoms with Crippen molar-refractivity contribution >= 4 is 29.3 Å². The van der Waals surface area contributed by atoms with Crippen molar-refractivity contribution in [3.8, 4) is 0 Å². The van der Waals surface area contributed by atoms with Gasteiger partial charge in [-0.2, -0.15) is 0 Å². The topological polar surface area (TPSA) is 88.9 Å². The third-order valence-electron chi connectivity index (χ3n) is 5.16. The molecule has 0 radical (unpaired) electrons. The van der Waals surface area contributed by atoms with E-state index in [0.717, 1.165) is 22.4 Å². The summed E-state index contributed by atoms with van der Waals surface area (Å²) in [6.07, 6.45) is 0. The average molecular weight is 452 g/mol. The maximum atomic E-state index is 12.5. The summed E-state index contributed by atoms with van der Waals surface area (Å²) in [6, 6.07) is 11.2. The predicted molar refractivity (Wildman–Crippen MR) is 128 cm³/mol. The Morgan fingerprint density at radius 1 is 1.03 bits per heavy atom. The molecule has 2 aromatic carbocycles. The van der Waals surface area contributed by atoms with Gasteiger partial charge in [-0.05, 0) is 57.9 Å². The Labute approximate surface area is 193 Å². The van der Waals surface area contributed by atoms with E-state index in [9.17, 15) is 9.59 Å². The number of carbonyl (C=O) groups is 2. The third-order valence-corrected chi connectivity index (χ3v) is 6.18. The molecule has 0 fully saturated rings. The Morgan fingerprint density at radius 3 is 2.38 bits per heavy atom. The second-order valence-corrected chi connectivity index (χ2v) is 9.02. The van der Waals surface area contributed by atoms with Crippen LogP contribution in [0.5, 0.6) is 0 Å². The molecule has 0 saturated carbocycles. The number of nitrogens with zero attached hydrogens (tertiary/aromatic N) is 3. The number of hydrogen-bond acceptors (Lipinski definition) is 5. The number of thioether (sulfide) groups is 1. The van der Waals surface area contributed by atoms with Gasteiger partial charge in [0.15, 0.2) is 11.0 Å². The number of amides is 2. The van der Waals surface area contributed by atoms with E-state index in [0.29, 0.717) is 16.5 Å². The van der Waals surface area contributed by atoms with Gasteiger partial charge in [0.1, 0.15) is 0 Å². The molecule has 7 nitrogen and oxygen atoms in total. The number of rotatable bonds is 7. The fourth-order valence-corrected chi connectivity index (χ4v) is 4.36. The van der Waals surface area contributed by atoms with Crippen molar-refractivity contribution in [3.05, 3.63) is 70.0 Å². The summed E-state index contributed by atoms with van der Waals surface area (Å²) in [7, 11) is 1.83. The van der Waals surface area contributed by atoms with E-state index < -0.39 is 0 Å². The number of nitrogens with one attached hydrogen (secondary N) is 2. The van der Waals surface area contributed by atoms with Crippen LogP contribution in [-0.4, -0.2) is 32.3 Å². The molecule has 0 bridgehead atoms. The molecule has 2 N–H and O–H groups in total. The van der Waals surface area contributed by atoms with Gasteiger partial charge in [0.05, 0.1) is 11.8 Å². The van der Waals surface area contributed by atoms with Crippen molar-refractivity contribution in [1.82, 2.24) is 20.1 Å². The normalized spacial score (nSPS) is 11.8. The molecule has 0 aliphatic rings. The standard InChI is InChI=1S/C24H29N5O2S/c1-14-8-7-9-19(12-14)23(31)25-18(5)22-27-28-24(29(22)6)32-13-20(30)26-21-16(3)10-15(2)11-17(21)4/h7-12,18H,13H2,1-6H3,(H,25,31)(H,26,30)/t18-/m1/s1. The van der Waals surface area contributed by atoms with Crippen LogP contribution in [0.1, 0.15) is 51.4 Å². The molecule has 1 aromatic heterocycles. The SMILES string of the molecule is Cc1cccc(C(=O)N[C@H](C)c2nnc(SCC(=O)Nc3c(C)cc(C)cc3C)n2C)c1. The molecular weight excluding hydrogens is 422 g/mol. The smallest absolute Gasteiger partial charge is 0.251 e. The van der Waals surface area contributed by atoms with Crippen molar-refractivity contribution < 1.29 is 9.59 Å². The van der Waals surface area contributed by atoms with Crippen molar-refractivity contribution in [1.29, 1.82) is 0 Å². The van der Waals surface area contributed by atoms with E-state index in [1.807, 2.05) is 64.4 Å². The number of carbonyl (C=O) groups excluding carboxylic acids is 2. The highest BCUT2D eigenvalue weighted by atomic mass is 32.2. The Balaban J connectivity index is 1.61. The molecule has 0 aliphatic heterocycles. The fourth-order valence-electron chi connectivity index (χ4n) is 3.64. The zero-order valence-corrected chi connectivity index (χ0v) is 20.1. The Hall–Kier alpha value is -3.13. The molecule has 3 aromatic rings. The summed E-state index contributed by atoms with van der Waals surface area (Å²) >= 11 is 1.31. The van der Waals surface area contributed by atoms with Crippen LogP contribution in [0.25, 0.3) is 0 Å². The molecular formula is C24H29N5O2S. The summed E-state index contributed by atoms with van der Waals surface area (Å²) < 4.78 is 1.81. The van der Waals surface area contributed by atoms with Gasteiger partial charge in [-0.3, -0.25) is 9.59 Å². The molecule has 32 heavy (non-hydrogen) atoms. The second kappa shape index (κ2) is 9.99. The Kier molecular flexibility index (Phi) is 7.35. The van der Waals surface area contributed by atoms with Gasteiger partial charge in [-0.15, -0.1) is 10.2 Å². The third kappa shape index (κ3) is 5.56. The minimum Gasteiger partial charge on any atom is -0.342 e. The summed E-state index contributed by atoms with van der Waals surface area (Å²) in [5.41, 5.74) is 5.74. The molecule has 0 unspecified atom stereocenters. The maximum absolute atomic E-state index is 12.5.